The second-order valence-corrected chi connectivity index (χ2v) is 8.87. The normalized spacial score (nSPS) is 11.7. The molecule has 0 unspecified atom stereocenters. The second-order valence-electron chi connectivity index (χ2n) is 6.59. The summed E-state index contributed by atoms with van der Waals surface area (Å²) < 4.78 is 25.8. The molecule has 3 aromatic rings. The molecule has 0 heterocycles. The van der Waals surface area contributed by atoms with Crippen LogP contribution >= 0.6 is 11.6 Å². The van der Waals surface area contributed by atoms with Crippen LogP contribution in [0.3, 0.4) is 0 Å². The van der Waals surface area contributed by atoms with E-state index in [1.54, 1.807) is 5.01 Å². The number of aromatic hydroxyl groups is 1. The Balaban J connectivity index is 1.98. The molecule has 0 spiro atoms. The molecule has 3 N–H and O–H groups in total. The third-order valence-electron chi connectivity index (χ3n) is 4.74. The Kier molecular flexibility index (Phi) is 6.74. The Hall–Kier alpha value is -3.12. The summed E-state index contributed by atoms with van der Waals surface area (Å²) in [6, 6.07) is 11.7. The Morgan fingerprint density at radius 1 is 1.06 bits per heavy atom. The summed E-state index contributed by atoms with van der Waals surface area (Å²) in [5, 5.41) is 14.7. The molecule has 0 saturated heterocycles. The molecule has 0 radical (unpaired) electrons. The molecule has 0 saturated carbocycles. The van der Waals surface area contributed by atoms with Gasteiger partial charge < -0.3 is 10.4 Å². The lowest BCUT2D eigenvalue weighted by Gasteiger charge is -2.27. The van der Waals surface area contributed by atoms with Crippen molar-refractivity contribution in [2.24, 2.45) is 0 Å². The van der Waals surface area contributed by atoms with Gasteiger partial charge in [0.25, 0.3) is 20.9 Å². The summed E-state index contributed by atoms with van der Waals surface area (Å²) in [5.41, 5.74) is 1.83. The van der Waals surface area contributed by atoms with E-state index in [-0.39, 0.29) is 22.1 Å². The van der Waals surface area contributed by atoms with Gasteiger partial charge in [-0.25, -0.2) is 8.42 Å². The number of benzene rings is 2. The summed E-state index contributed by atoms with van der Waals surface area (Å²) in [6.45, 7) is 2.33. The molecule has 0 aliphatic rings. The number of hydrogen-bond donors (Lipinski definition) is 3. The van der Waals surface area contributed by atoms with Gasteiger partial charge in [0.15, 0.2) is 5.75 Å². The van der Waals surface area contributed by atoms with E-state index in [0.717, 1.165) is 19.8 Å². The highest BCUT2D eigenvalue weighted by Crippen LogP contribution is 2.39. The molecule has 0 atom stereocenters. The lowest BCUT2D eigenvalue weighted by atomic mass is 10.1. The van der Waals surface area contributed by atoms with Gasteiger partial charge in [0.1, 0.15) is 16.3 Å². The number of hydrogen-bond acceptors (Lipinski definition) is 9. The van der Waals surface area contributed by atoms with Gasteiger partial charge in [-0.3, -0.25) is 24.9 Å². The predicted molar refractivity (Wildman–Crippen MR) is 123 cm³/mol. The van der Waals surface area contributed by atoms with Crippen LogP contribution in [-0.2, 0) is 14.9 Å². The highest BCUT2D eigenvalue weighted by molar-refractivity contribution is 7.89. The molecule has 170 valence electrons. The van der Waals surface area contributed by atoms with Crippen LogP contribution in [-0.4, -0.2) is 38.7 Å². The molecule has 0 aliphatic heterocycles. The fraction of sp³-hybridized carbons (Fsp3) is 0.200. The van der Waals surface area contributed by atoms with E-state index in [1.807, 2.05) is 37.3 Å². The van der Waals surface area contributed by atoms with Crippen molar-refractivity contribution in [2.75, 3.05) is 36.5 Å². The third-order valence-corrected chi connectivity index (χ3v) is 6.92. The van der Waals surface area contributed by atoms with Crippen molar-refractivity contribution < 1.29 is 18.4 Å². The fourth-order valence-electron chi connectivity index (χ4n) is 2.94. The smallest absolute Gasteiger partial charge is 0.269 e. The van der Waals surface area contributed by atoms with Gasteiger partial charge in [-0.15, -0.1) is 0 Å². The first kappa shape index (κ1) is 23.5. The van der Waals surface area contributed by atoms with Gasteiger partial charge in [0.05, 0.1) is 23.5 Å². The lowest BCUT2D eigenvalue weighted by molar-refractivity contribution is -0.0259. The highest BCUT2D eigenvalue weighted by Gasteiger charge is 2.31. The standard InChI is InChI=1S/C20H21ClN4O6S/c1-4-25(12-8-6-5-7-9-12)23-16-15(18(27)19(16)28)22-14-11-10-13(21)20(17(14)26)32(29,30)24(2)31-3/h5-11,22-23,26H,4H2,1-3H3. The Labute approximate surface area is 189 Å². The van der Waals surface area contributed by atoms with Crippen molar-refractivity contribution in [2.45, 2.75) is 11.8 Å². The molecule has 10 nitrogen and oxygen atoms in total. The summed E-state index contributed by atoms with van der Waals surface area (Å²) in [5.74, 6) is -0.726. The van der Waals surface area contributed by atoms with Crippen molar-refractivity contribution in [3.8, 4) is 5.75 Å². The number of para-hydroxylation sites is 1. The van der Waals surface area contributed by atoms with E-state index in [0.29, 0.717) is 11.0 Å². The summed E-state index contributed by atoms with van der Waals surface area (Å²) in [4.78, 5) is 28.5. The number of halogens is 1. The minimum absolute atomic E-state index is 0.0199. The maximum Gasteiger partial charge on any atom is 0.269 e. The molecular formula is C20H21ClN4O6S. The van der Waals surface area contributed by atoms with Crippen LogP contribution in [0, 0.1) is 0 Å². The minimum Gasteiger partial charge on any atom is -0.504 e. The molecule has 3 rings (SSSR count). The van der Waals surface area contributed by atoms with Gasteiger partial charge in [-0.05, 0) is 31.2 Å². The molecule has 0 fully saturated rings. The average molecular weight is 481 g/mol. The van der Waals surface area contributed by atoms with Crippen molar-refractivity contribution in [1.29, 1.82) is 0 Å². The number of phenols is 1. The molecule has 12 heteroatoms. The zero-order valence-electron chi connectivity index (χ0n) is 17.4. The molecule has 0 bridgehead atoms. The zero-order valence-corrected chi connectivity index (χ0v) is 19.0. The first-order chi connectivity index (χ1) is 15.1. The van der Waals surface area contributed by atoms with Crippen molar-refractivity contribution in [3.63, 3.8) is 0 Å². The van der Waals surface area contributed by atoms with E-state index >= 15 is 0 Å². The number of rotatable bonds is 9. The van der Waals surface area contributed by atoms with Crippen molar-refractivity contribution in [3.05, 3.63) is 67.9 Å². The number of sulfonamides is 1. The average Bonchev–Trinajstić information content (AvgIpc) is 2.79. The Morgan fingerprint density at radius 3 is 2.28 bits per heavy atom. The first-order valence-electron chi connectivity index (χ1n) is 9.37. The number of nitrogens with one attached hydrogen (secondary N) is 2. The molecule has 0 aliphatic carbocycles. The molecular weight excluding hydrogens is 460 g/mol. The van der Waals surface area contributed by atoms with Gasteiger partial charge in [-0.2, -0.15) is 0 Å². The predicted octanol–water partition coefficient (Wildman–Crippen LogP) is 2.42. The minimum atomic E-state index is -4.30. The maximum absolute atomic E-state index is 12.6. The van der Waals surface area contributed by atoms with Crippen LogP contribution in [0.4, 0.5) is 22.7 Å². The monoisotopic (exact) mass is 480 g/mol. The second kappa shape index (κ2) is 9.17. The number of hydrazine groups is 1. The summed E-state index contributed by atoms with van der Waals surface area (Å²) >= 11 is 6.01. The Bertz CT molecular complexity index is 1310. The van der Waals surface area contributed by atoms with Crippen LogP contribution in [0.5, 0.6) is 5.75 Å². The van der Waals surface area contributed by atoms with E-state index < -0.39 is 31.5 Å². The molecule has 0 amide bonds. The molecule has 32 heavy (non-hydrogen) atoms. The SMILES string of the molecule is CCN(Nc1c(Nc2ccc(Cl)c(S(=O)(=O)N(C)OC)c2O)c(=O)c1=O)c1ccccc1. The largest absolute Gasteiger partial charge is 0.504 e. The van der Waals surface area contributed by atoms with Gasteiger partial charge in [0, 0.05) is 13.6 Å². The van der Waals surface area contributed by atoms with E-state index in [2.05, 4.69) is 10.7 Å². The lowest BCUT2D eigenvalue weighted by Crippen LogP contribution is -2.42. The third kappa shape index (κ3) is 4.15. The van der Waals surface area contributed by atoms with Gasteiger partial charge >= 0.3 is 0 Å². The topological polar surface area (TPSA) is 128 Å². The van der Waals surface area contributed by atoms with Crippen LogP contribution in [0.25, 0.3) is 0 Å². The number of nitrogens with zero attached hydrogens (tertiary/aromatic N) is 2. The molecule has 3 aromatic carbocycles. The number of anilines is 4. The van der Waals surface area contributed by atoms with Gasteiger partial charge in [0.2, 0.25) is 0 Å². The quantitative estimate of drug-likeness (QED) is 0.240. The van der Waals surface area contributed by atoms with E-state index in [9.17, 15) is 23.1 Å². The summed E-state index contributed by atoms with van der Waals surface area (Å²) in [7, 11) is -2.03. The highest BCUT2D eigenvalue weighted by atomic mass is 35.5. The molecule has 0 aromatic heterocycles. The van der Waals surface area contributed by atoms with Crippen molar-refractivity contribution >= 4 is 44.4 Å². The van der Waals surface area contributed by atoms with Gasteiger partial charge in [-0.1, -0.05) is 34.3 Å². The van der Waals surface area contributed by atoms with Crippen molar-refractivity contribution in [1.82, 2.24) is 4.47 Å². The zero-order chi connectivity index (χ0) is 23.6. The van der Waals surface area contributed by atoms with Crippen LogP contribution in [0.1, 0.15) is 6.92 Å². The first-order valence-corrected chi connectivity index (χ1v) is 11.2. The van der Waals surface area contributed by atoms with Crippen LogP contribution in [0.2, 0.25) is 5.02 Å². The van der Waals surface area contributed by atoms with Crippen LogP contribution < -0.4 is 26.6 Å². The summed E-state index contributed by atoms with van der Waals surface area (Å²) in [6.07, 6.45) is 0. The Morgan fingerprint density at radius 2 is 1.69 bits per heavy atom. The number of hydroxylamine groups is 1. The maximum atomic E-state index is 12.6. The van der Waals surface area contributed by atoms with Crippen LogP contribution in [0.15, 0.2) is 56.9 Å². The number of phenolic OH excluding ortho intramolecular Hbond substituents is 1. The van der Waals surface area contributed by atoms with E-state index in [4.69, 9.17) is 16.4 Å². The fourth-order valence-corrected chi connectivity index (χ4v) is 4.51. The van der Waals surface area contributed by atoms with E-state index in [1.165, 1.54) is 12.1 Å².